The third-order valence-corrected chi connectivity index (χ3v) is 8.36. The minimum absolute atomic E-state index is 0.00498. The highest BCUT2D eigenvalue weighted by Gasteiger charge is 2.36. The summed E-state index contributed by atoms with van der Waals surface area (Å²) >= 11 is 1.30. The number of rotatable bonds is 6. The maximum absolute atomic E-state index is 15.2. The largest absolute Gasteiger partial charge is 0.369 e. The Labute approximate surface area is 206 Å². The zero-order chi connectivity index (χ0) is 24.4. The zero-order valence-electron chi connectivity index (χ0n) is 19.1. The molecule has 2 saturated heterocycles. The van der Waals surface area contributed by atoms with Crippen molar-refractivity contribution < 1.29 is 17.6 Å². The third kappa shape index (κ3) is 5.33. The van der Waals surface area contributed by atoms with Crippen LogP contribution < -0.4 is 4.90 Å². The van der Waals surface area contributed by atoms with Gasteiger partial charge in [0.2, 0.25) is 0 Å². The van der Waals surface area contributed by atoms with Crippen molar-refractivity contribution >= 4 is 17.6 Å². The standard InChI is InChI=1S/C25H27F4N5S/c26-20-13-23(32-10-8-19(9-11-32)33-15-30-31-16-33)21(27)12-18(20)14-34-22(25(28)29)6-7-24(35-34)17-4-2-1-3-5-17/h1-5,12-13,15-16,19,22,24-25H,6-11,14H2/t22-,24+/m1/s1. The zero-order valence-corrected chi connectivity index (χ0v) is 19.9. The molecule has 2 atom stereocenters. The van der Waals surface area contributed by atoms with Crippen molar-refractivity contribution in [3.63, 3.8) is 0 Å². The van der Waals surface area contributed by atoms with Crippen LogP contribution >= 0.6 is 11.9 Å². The van der Waals surface area contributed by atoms with Crippen LogP contribution in [0.3, 0.4) is 0 Å². The Morgan fingerprint density at radius 1 is 0.914 bits per heavy atom. The molecule has 0 unspecified atom stereocenters. The van der Waals surface area contributed by atoms with Gasteiger partial charge in [0.25, 0.3) is 6.43 Å². The number of halogens is 4. The first-order chi connectivity index (χ1) is 17.0. The van der Waals surface area contributed by atoms with Gasteiger partial charge in [-0.3, -0.25) is 0 Å². The lowest BCUT2D eigenvalue weighted by molar-refractivity contribution is 0.0536. The molecule has 0 saturated carbocycles. The lowest BCUT2D eigenvalue weighted by atomic mass is 10.0. The topological polar surface area (TPSA) is 37.2 Å². The minimum atomic E-state index is -2.56. The van der Waals surface area contributed by atoms with Gasteiger partial charge in [-0.2, -0.15) is 0 Å². The van der Waals surface area contributed by atoms with Gasteiger partial charge in [0.15, 0.2) is 0 Å². The molecule has 0 spiro atoms. The van der Waals surface area contributed by atoms with Crippen molar-refractivity contribution in [2.75, 3.05) is 18.0 Å². The van der Waals surface area contributed by atoms with Gasteiger partial charge in [-0.15, -0.1) is 10.2 Å². The Kier molecular flexibility index (Phi) is 7.29. The summed E-state index contributed by atoms with van der Waals surface area (Å²) in [5, 5.41) is 7.67. The average Bonchev–Trinajstić information content (AvgIpc) is 3.42. The first-order valence-electron chi connectivity index (χ1n) is 11.8. The summed E-state index contributed by atoms with van der Waals surface area (Å²) < 4.78 is 61.3. The number of aromatic nitrogens is 3. The summed E-state index contributed by atoms with van der Waals surface area (Å²) in [4.78, 5) is 1.84. The Morgan fingerprint density at radius 2 is 1.63 bits per heavy atom. The predicted molar refractivity (Wildman–Crippen MR) is 128 cm³/mol. The number of alkyl halides is 2. The maximum Gasteiger partial charge on any atom is 0.254 e. The first-order valence-corrected chi connectivity index (χ1v) is 12.7. The molecule has 186 valence electrons. The van der Waals surface area contributed by atoms with Gasteiger partial charge < -0.3 is 9.47 Å². The highest BCUT2D eigenvalue weighted by Crippen LogP contribution is 2.45. The Morgan fingerprint density at radius 3 is 2.31 bits per heavy atom. The summed E-state index contributed by atoms with van der Waals surface area (Å²) in [6.07, 6.45) is 3.23. The molecule has 2 aliphatic rings. The van der Waals surface area contributed by atoms with E-state index in [1.807, 2.05) is 39.8 Å². The number of piperidine rings is 1. The summed E-state index contributed by atoms with van der Waals surface area (Å²) in [6.45, 7) is 1.07. The van der Waals surface area contributed by atoms with E-state index in [2.05, 4.69) is 10.2 Å². The van der Waals surface area contributed by atoms with Gasteiger partial charge in [0.1, 0.15) is 24.3 Å². The highest BCUT2D eigenvalue weighted by molar-refractivity contribution is 7.97. The van der Waals surface area contributed by atoms with E-state index >= 15 is 8.78 Å². The van der Waals surface area contributed by atoms with E-state index in [9.17, 15) is 8.78 Å². The van der Waals surface area contributed by atoms with Crippen LogP contribution in [0.4, 0.5) is 23.2 Å². The van der Waals surface area contributed by atoms with Gasteiger partial charge in [-0.1, -0.05) is 42.3 Å². The fourth-order valence-electron chi connectivity index (χ4n) is 4.97. The maximum atomic E-state index is 15.2. The molecule has 2 fully saturated rings. The molecular weight excluding hydrogens is 478 g/mol. The second-order valence-corrected chi connectivity index (χ2v) is 10.3. The van der Waals surface area contributed by atoms with Gasteiger partial charge in [0, 0.05) is 42.6 Å². The van der Waals surface area contributed by atoms with Crippen molar-refractivity contribution in [1.29, 1.82) is 0 Å². The molecule has 0 bridgehead atoms. The highest BCUT2D eigenvalue weighted by atomic mass is 32.2. The van der Waals surface area contributed by atoms with Crippen LogP contribution in [0.5, 0.6) is 0 Å². The van der Waals surface area contributed by atoms with Crippen LogP contribution in [0.2, 0.25) is 0 Å². The van der Waals surface area contributed by atoms with Crippen LogP contribution in [0.15, 0.2) is 55.1 Å². The second-order valence-electron chi connectivity index (χ2n) is 9.08. The molecule has 2 aromatic carbocycles. The van der Waals surface area contributed by atoms with E-state index in [0.717, 1.165) is 18.4 Å². The SMILES string of the molecule is Fc1cc(N2CCC(n3cnnc3)CC2)c(F)cc1CN1S[C@H](c2ccccc2)CC[C@@H]1C(F)F. The monoisotopic (exact) mass is 505 g/mol. The second kappa shape index (κ2) is 10.6. The number of hydrogen-bond acceptors (Lipinski definition) is 5. The van der Waals surface area contributed by atoms with E-state index in [4.69, 9.17) is 0 Å². The molecule has 5 rings (SSSR count). The summed E-state index contributed by atoms with van der Waals surface area (Å²) in [6, 6.07) is 11.3. The minimum Gasteiger partial charge on any atom is -0.369 e. The van der Waals surface area contributed by atoms with Crippen molar-refractivity contribution in [3.05, 3.63) is 77.9 Å². The van der Waals surface area contributed by atoms with Crippen LogP contribution in [-0.4, -0.2) is 44.6 Å². The van der Waals surface area contributed by atoms with E-state index < -0.39 is 24.1 Å². The van der Waals surface area contributed by atoms with Crippen LogP contribution in [0.1, 0.15) is 48.1 Å². The lowest BCUT2D eigenvalue weighted by Crippen LogP contribution is -2.39. The Balaban J connectivity index is 1.30. The van der Waals surface area contributed by atoms with Crippen molar-refractivity contribution in [3.8, 4) is 0 Å². The molecular formula is C25H27F4N5S. The average molecular weight is 506 g/mol. The quantitative estimate of drug-likeness (QED) is 0.303. The van der Waals surface area contributed by atoms with Crippen LogP contribution in [0.25, 0.3) is 0 Å². The van der Waals surface area contributed by atoms with Crippen LogP contribution in [0, 0.1) is 11.6 Å². The normalized spacial score (nSPS) is 22.1. The molecule has 3 heterocycles. The third-order valence-electron chi connectivity index (χ3n) is 6.92. The molecule has 35 heavy (non-hydrogen) atoms. The van der Waals surface area contributed by atoms with E-state index in [0.29, 0.717) is 25.9 Å². The van der Waals surface area contributed by atoms with Crippen molar-refractivity contribution in [2.24, 2.45) is 0 Å². The Bertz CT molecular complexity index is 1110. The molecule has 5 nitrogen and oxygen atoms in total. The van der Waals surface area contributed by atoms with E-state index in [1.165, 1.54) is 28.4 Å². The van der Waals surface area contributed by atoms with Gasteiger partial charge in [-0.05, 0) is 37.3 Å². The molecule has 0 N–H and O–H groups in total. The molecule has 1 aromatic heterocycles. The fraction of sp³-hybridized carbons (Fsp3) is 0.440. The first kappa shape index (κ1) is 24.1. The van der Waals surface area contributed by atoms with Gasteiger partial charge >= 0.3 is 0 Å². The smallest absolute Gasteiger partial charge is 0.254 e. The lowest BCUT2D eigenvalue weighted by Gasteiger charge is -2.38. The van der Waals surface area contributed by atoms with E-state index in [1.54, 1.807) is 12.7 Å². The summed E-state index contributed by atoms with van der Waals surface area (Å²) in [5.41, 5.74) is 1.36. The molecule has 0 radical (unpaired) electrons. The number of nitrogens with zero attached hydrogens (tertiary/aromatic N) is 5. The number of benzene rings is 2. The van der Waals surface area contributed by atoms with Crippen LogP contribution in [-0.2, 0) is 6.54 Å². The van der Waals surface area contributed by atoms with Gasteiger partial charge in [0.05, 0.1) is 11.7 Å². The fourth-order valence-corrected chi connectivity index (χ4v) is 6.39. The molecule has 3 aromatic rings. The Hall–Kier alpha value is -2.59. The number of hydrogen-bond donors (Lipinski definition) is 0. The van der Waals surface area contributed by atoms with E-state index in [-0.39, 0.29) is 29.1 Å². The number of anilines is 1. The molecule has 2 aliphatic heterocycles. The summed E-state index contributed by atoms with van der Waals surface area (Å²) in [5.74, 6) is -1.10. The van der Waals surface area contributed by atoms with Crippen molar-refractivity contribution in [1.82, 2.24) is 19.1 Å². The molecule has 10 heteroatoms. The van der Waals surface area contributed by atoms with Gasteiger partial charge in [-0.25, -0.2) is 21.9 Å². The van der Waals surface area contributed by atoms with Crippen molar-refractivity contribution in [2.45, 2.75) is 56.0 Å². The summed E-state index contributed by atoms with van der Waals surface area (Å²) in [7, 11) is 0. The molecule has 0 aliphatic carbocycles. The molecule has 0 amide bonds. The predicted octanol–water partition coefficient (Wildman–Crippen LogP) is 6.02.